The first-order valence-corrected chi connectivity index (χ1v) is 11.0. The highest BCUT2D eigenvalue weighted by Crippen LogP contribution is 2.25. The molecule has 3 rings (SSSR count). The maximum atomic E-state index is 12.7. The Morgan fingerprint density at radius 2 is 1.58 bits per heavy atom. The molecule has 0 saturated carbocycles. The number of carbonyl (C=O) groups excluding carboxylic acids is 2. The van der Waals surface area contributed by atoms with Gasteiger partial charge in [-0.15, -0.1) is 0 Å². The molecule has 0 aliphatic rings. The lowest BCUT2D eigenvalue weighted by Gasteiger charge is -2.16. The zero-order valence-electron chi connectivity index (χ0n) is 16.2. The van der Waals surface area contributed by atoms with Crippen LogP contribution in [0.3, 0.4) is 0 Å². The Morgan fingerprint density at radius 1 is 0.968 bits per heavy atom. The lowest BCUT2D eigenvalue weighted by molar-refractivity contribution is -0.127. The molecule has 1 amide bonds. The molecule has 0 aliphatic carbocycles. The number of nitrogens with one attached hydrogen (secondary N) is 1. The molecule has 0 spiro atoms. The van der Waals surface area contributed by atoms with E-state index in [1.54, 1.807) is 54.6 Å². The van der Waals surface area contributed by atoms with Crippen molar-refractivity contribution in [2.24, 2.45) is 5.73 Å². The summed E-state index contributed by atoms with van der Waals surface area (Å²) in [5.41, 5.74) is 6.43. The summed E-state index contributed by atoms with van der Waals surface area (Å²) in [6.07, 6.45) is -1.32. The topological polar surface area (TPSA) is 116 Å². The normalized spacial score (nSPS) is 12.2. The van der Waals surface area contributed by atoms with Gasteiger partial charge in [-0.3, -0.25) is 4.79 Å². The average molecular weight is 459 g/mol. The van der Waals surface area contributed by atoms with Gasteiger partial charge < -0.3 is 10.5 Å². The number of nitrogens with two attached hydrogens (primary N) is 1. The molecule has 31 heavy (non-hydrogen) atoms. The Bertz CT molecular complexity index is 1190. The maximum absolute atomic E-state index is 12.7. The number of benzene rings is 3. The zero-order valence-corrected chi connectivity index (χ0v) is 17.8. The molecule has 7 nitrogen and oxygen atoms in total. The predicted molar refractivity (Wildman–Crippen MR) is 116 cm³/mol. The zero-order chi connectivity index (χ0) is 22.4. The van der Waals surface area contributed by atoms with Gasteiger partial charge in [-0.1, -0.05) is 72.3 Å². The van der Waals surface area contributed by atoms with Crippen molar-refractivity contribution in [2.45, 2.75) is 17.5 Å². The highest BCUT2D eigenvalue weighted by Gasteiger charge is 2.25. The van der Waals surface area contributed by atoms with Gasteiger partial charge in [0.15, 0.2) is 0 Å². The minimum atomic E-state index is -4.02. The molecule has 1 unspecified atom stereocenters. The van der Waals surface area contributed by atoms with E-state index in [4.69, 9.17) is 22.1 Å². The molecule has 0 fully saturated rings. The van der Waals surface area contributed by atoms with E-state index < -0.39 is 28.0 Å². The molecule has 0 aromatic heterocycles. The van der Waals surface area contributed by atoms with E-state index in [0.717, 1.165) is 11.6 Å². The average Bonchev–Trinajstić information content (AvgIpc) is 2.77. The number of amides is 1. The van der Waals surface area contributed by atoms with Gasteiger partial charge in [-0.2, -0.15) is 0 Å². The van der Waals surface area contributed by atoms with E-state index in [1.165, 1.54) is 12.1 Å². The molecule has 3 aromatic rings. The van der Waals surface area contributed by atoms with Crippen molar-refractivity contribution in [2.75, 3.05) is 0 Å². The van der Waals surface area contributed by atoms with Crippen LogP contribution in [-0.2, 0) is 26.1 Å². The van der Waals surface area contributed by atoms with Crippen LogP contribution in [0.15, 0.2) is 83.8 Å². The first-order valence-electron chi connectivity index (χ1n) is 9.16. The van der Waals surface area contributed by atoms with Crippen LogP contribution in [0.25, 0.3) is 0 Å². The van der Waals surface area contributed by atoms with E-state index >= 15 is 0 Å². The van der Waals surface area contributed by atoms with Crippen molar-refractivity contribution >= 4 is 33.5 Å². The molecular formula is C22H19ClN2O5S. The van der Waals surface area contributed by atoms with Crippen LogP contribution in [0.4, 0.5) is 0 Å². The molecule has 0 heterocycles. The molecule has 0 radical (unpaired) electrons. The second kappa shape index (κ2) is 9.74. The second-order valence-corrected chi connectivity index (χ2v) is 8.70. The number of ether oxygens (including phenoxy) is 1. The fourth-order valence-electron chi connectivity index (χ4n) is 2.78. The van der Waals surface area contributed by atoms with Crippen LogP contribution in [0.5, 0.6) is 0 Å². The Labute approximate surface area is 184 Å². The number of hydrogen-bond donors (Lipinski definition) is 2. The third-order valence-corrected chi connectivity index (χ3v) is 6.23. The van der Waals surface area contributed by atoms with E-state index in [-0.39, 0.29) is 22.0 Å². The summed E-state index contributed by atoms with van der Waals surface area (Å²) in [6, 6.07) is 20.9. The van der Waals surface area contributed by atoms with Crippen LogP contribution in [0.1, 0.15) is 27.6 Å². The van der Waals surface area contributed by atoms with E-state index in [1.807, 2.05) is 6.07 Å². The van der Waals surface area contributed by atoms with Gasteiger partial charge in [0.05, 0.1) is 10.6 Å². The van der Waals surface area contributed by atoms with Gasteiger partial charge in [0, 0.05) is 12.1 Å². The molecule has 0 aliphatic heterocycles. The number of hydrogen-bond acceptors (Lipinski definition) is 5. The Morgan fingerprint density at radius 3 is 2.19 bits per heavy atom. The van der Waals surface area contributed by atoms with Gasteiger partial charge in [0.1, 0.15) is 4.90 Å². The summed E-state index contributed by atoms with van der Waals surface area (Å²) < 4.78 is 33.2. The van der Waals surface area contributed by atoms with Crippen molar-refractivity contribution in [3.63, 3.8) is 0 Å². The Kier molecular flexibility index (Phi) is 7.06. The maximum Gasteiger partial charge on any atom is 0.339 e. The predicted octanol–water partition coefficient (Wildman–Crippen LogP) is 3.20. The van der Waals surface area contributed by atoms with Crippen molar-refractivity contribution in [1.29, 1.82) is 0 Å². The number of esters is 1. The molecule has 1 atom stereocenters. The number of halogens is 1. The van der Waals surface area contributed by atoms with Crippen LogP contribution in [-0.4, -0.2) is 20.3 Å². The molecule has 160 valence electrons. The first-order chi connectivity index (χ1) is 14.8. The monoisotopic (exact) mass is 458 g/mol. The van der Waals surface area contributed by atoms with Gasteiger partial charge >= 0.3 is 5.97 Å². The summed E-state index contributed by atoms with van der Waals surface area (Å²) in [4.78, 5) is 24.1. The smallest absolute Gasteiger partial charge is 0.339 e. The largest absolute Gasteiger partial charge is 0.444 e. The Hall–Kier alpha value is -3.20. The third-order valence-electron chi connectivity index (χ3n) is 4.35. The standard InChI is InChI=1S/C22H19ClN2O5S/c23-18-12-11-17(22(27)30-20(21(24)26)16-9-5-2-6-10-16)13-19(18)31(28,29)25-14-15-7-3-1-4-8-15/h1-13,20,25H,14H2,(H2,24,26). The highest BCUT2D eigenvalue weighted by molar-refractivity contribution is 7.89. The molecule has 3 aromatic carbocycles. The van der Waals surface area contributed by atoms with Crippen molar-refractivity contribution in [3.05, 3.63) is 101 Å². The van der Waals surface area contributed by atoms with Crippen molar-refractivity contribution in [3.8, 4) is 0 Å². The number of primary amides is 1. The number of carbonyl (C=O) groups is 2. The fourth-order valence-corrected chi connectivity index (χ4v) is 4.32. The summed E-state index contributed by atoms with van der Waals surface area (Å²) in [5, 5.41) is -0.0633. The molecule has 0 bridgehead atoms. The van der Waals surface area contributed by atoms with Crippen LogP contribution in [0, 0.1) is 0 Å². The SMILES string of the molecule is NC(=O)C(OC(=O)c1ccc(Cl)c(S(=O)(=O)NCc2ccccc2)c1)c1ccccc1. The van der Waals surface area contributed by atoms with Crippen molar-refractivity contribution < 1.29 is 22.7 Å². The van der Waals surface area contributed by atoms with Crippen LogP contribution in [0.2, 0.25) is 5.02 Å². The minimum absolute atomic E-state index is 0.0476. The van der Waals surface area contributed by atoms with Crippen LogP contribution >= 0.6 is 11.6 Å². The summed E-state index contributed by atoms with van der Waals surface area (Å²) in [6.45, 7) is 0.0476. The van der Waals surface area contributed by atoms with E-state index in [0.29, 0.717) is 5.56 Å². The Balaban J connectivity index is 1.82. The fraction of sp³-hybridized carbons (Fsp3) is 0.0909. The van der Waals surface area contributed by atoms with E-state index in [9.17, 15) is 18.0 Å². The van der Waals surface area contributed by atoms with Gasteiger partial charge in [-0.25, -0.2) is 17.9 Å². The lowest BCUT2D eigenvalue weighted by atomic mass is 10.1. The first kappa shape index (κ1) is 22.5. The molecular weight excluding hydrogens is 440 g/mol. The summed E-state index contributed by atoms with van der Waals surface area (Å²) in [5.74, 6) is -1.77. The van der Waals surface area contributed by atoms with Crippen molar-refractivity contribution in [1.82, 2.24) is 4.72 Å². The lowest BCUT2D eigenvalue weighted by Crippen LogP contribution is -2.26. The highest BCUT2D eigenvalue weighted by atomic mass is 35.5. The van der Waals surface area contributed by atoms with E-state index in [2.05, 4.69) is 4.72 Å². The van der Waals surface area contributed by atoms with Crippen LogP contribution < -0.4 is 10.5 Å². The second-order valence-electron chi connectivity index (χ2n) is 6.55. The summed E-state index contributed by atoms with van der Waals surface area (Å²) in [7, 11) is -4.02. The minimum Gasteiger partial charge on any atom is -0.444 e. The quantitative estimate of drug-likeness (QED) is 0.503. The van der Waals surface area contributed by atoms with Gasteiger partial charge in [-0.05, 0) is 23.8 Å². The number of sulfonamides is 1. The van der Waals surface area contributed by atoms with Gasteiger partial charge in [0.2, 0.25) is 16.1 Å². The molecule has 9 heteroatoms. The van der Waals surface area contributed by atoms with Gasteiger partial charge in [0.25, 0.3) is 5.91 Å². The third kappa shape index (κ3) is 5.69. The molecule has 0 saturated heterocycles. The number of rotatable bonds is 8. The summed E-state index contributed by atoms with van der Waals surface area (Å²) >= 11 is 6.07. The molecule has 3 N–H and O–H groups in total.